The molecule has 6 nitrogen and oxygen atoms in total. The molecule has 126 valence electrons. The van der Waals surface area contributed by atoms with Crippen molar-refractivity contribution in [3.8, 4) is 16.9 Å². The average molecular weight is 351 g/mol. The van der Waals surface area contributed by atoms with Crippen LogP contribution in [-0.4, -0.2) is 27.8 Å². The van der Waals surface area contributed by atoms with Crippen molar-refractivity contribution in [3.63, 3.8) is 0 Å². The van der Waals surface area contributed by atoms with Gasteiger partial charge in [0, 0.05) is 18.8 Å². The highest BCUT2D eigenvalue weighted by Gasteiger charge is 2.18. The molecule has 0 saturated carbocycles. The molecule has 2 aromatic carbocycles. The van der Waals surface area contributed by atoms with Crippen LogP contribution >= 0.6 is 12.2 Å². The normalized spacial score (nSPS) is 10.1. The number of aromatic nitrogens is 2. The van der Waals surface area contributed by atoms with E-state index in [-0.39, 0.29) is 5.91 Å². The fraction of sp³-hybridized carbons (Fsp3) is 0.0556. The van der Waals surface area contributed by atoms with Gasteiger partial charge in [0.05, 0.1) is 11.3 Å². The third-order valence-electron chi connectivity index (χ3n) is 3.54. The van der Waals surface area contributed by atoms with Crippen LogP contribution in [0.15, 0.2) is 66.9 Å². The molecule has 7 heteroatoms. The van der Waals surface area contributed by atoms with Gasteiger partial charge in [-0.15, -0.1) is 0 Å². The number of amides is 1. The zero-order valence-electron chi connectivity index (χ0n) is 13.6. The zero-order valence-corrected chi connectivity index (χ0v) is 14.4. The summed E-state index contributed by atoms with van der Waals surface area (Å²) >= 11 is 4.97. The molecule has 25 heavy (non-hydrogen) atoms. The topological polar surface area (TPSA) is 71.0 Å². The lowest BCUT2D eigenvalue weighted by atomic mass is 10.1. The van der Waals surface area contributed by atoms with Gasteiger partial charge in [-0.3, -0.25) is 15.6 Å². The van der Waals surface area contributed by atoms with Gasteiger partial charge in [0.1, 0.15) is 5.69 Å². The molecule has 0 aliphatic heterocycles. The molecule has 0 aliphatic carbocycles. The van der Waals surface area contributed by atoms with Crippen molar-refractivity contribution in [1.29, 1.82) is 0 Å². The maximum absolute atomic E-state index is 12.6. The smallest absolute Gasteiger partial charge is 0.273 e. The number of carbonyl (C=O) groups excluding carboxylic acids is 1. The quantitative estimate of drug-likeness (QED) is 0.499. The van der Waals surface area contributed by atoms with Crippen LogP contribution in [-0.2, 0) is 0 Å². The van der Waals surface area contributed by atoms with Crippen LogP contribution in [0.2, 0.25) is 0 Å². The molecule has 3 N–H and O–H groups in total. The molecule has 0 spiro atoms. The zero-order chi connectivity index (χ0) is 17.6. The summed E-state index contributed by atoms with van der Waals surface area (Å²) in [5.41, 5.74) is 8.00. The van der Waals surface area contributed by atoms with E-state index in [1.54, 1.807) is 17.9 Å². The molecule has 1 amide bonds. The number of para-hydroxylation sites is 1. The number of hydrazine groups is 1. The Morgan fingerprint density at radius 3 is 2.28 bits per heavy atom. The summed E-state index contributed by atoms with van der Waals surface area (Å²) in [6.07, 6.45) is 1.71. The average Bonchev–Trinajstić information content (AvgIpc) is 3.12. The summed E-state index contributed by atoms with van der Waals surface area (Å²) < 4.78 is 1.69. The summed E-state index contributed by atoms with van der Waals surface area (Å²) in [5, 5.41) is 7.66. The highest BCUT2D eigenvalue weighted by Crippen LogP contribution is 2.23. The van der Waals surface area contributed by atoms with Crippen LogP contribution in [0.25, 0.3) is 16.9 Å². The maximum Gasteiger partial charge on any atom is 0.273 e. The van der Waals surface area contributed by atoms with Gasteiger partial charge < -0.3 is 5.32 Å². The Bertz CT molecular complexity index is 877. The lowest BCUT2D eigenvalue weighted by Crippen LogP contribution is -2.45. The van der Waals surface area contributed by atoms with Gasteiger partial charge in [0.25, 0.3) is 5.91 Å². The monoisotopic (exact) mass is 351 g/mol. The fourth-order valence-corrected chi connectivity index (χ4v) is 2.36. The summed E-state index contributed by atoms with van der Waals surface area (Å²) in [4.78, 5) is 12.6. The molecule has 0 fully saturated rings. The minimum Gasteiger partial charge on any atom is -0.364 e. The molecular weight excluding hydrogens is 334 g/mol. The predicted molar refractivity (Wildman–Crippen MR) is 101 cm³/mol. The summed E-state index contributed by atoms with van der Waals surface area (Å²) in [7, 11) is 1.67. The second-order valence-corrected chi connectivity index (χ2v) is 5.60. The molecular formula is C18H17N5OS. The first-order valence-electron chi connectivity index (χ1n) is 7.67. The van der Waals surface area contributed by atoms with Crippen LogP contribution in [0.3, 0.4) is 0 Å². The fourth-order valence-electron chi connectivity index (χ4n) is 2.31. The minimum absolute atomic E-state index is 0.321. The molecule has 0 unspecified atom stereocenters. The summed E-state index contributed by atoms with van der Waals surface area (Å²) in [6, 6.07) is 19.2. The Kier molecular flexibility index (Phi) is 5.06. The Hall–Kier alpha value is -3.19. The number of rotatable bonds is 3. The van der Waals surface area contributed by atoms with Crippen LogP contribution in [0.4, 0.5) is 0 Å². The van der Waals surface area contributed by atoms with Gasteiger partial charge in [0.2, 0.25) is 0 Å². The van der Waals surface area contributed by atoms with Crippen molar-refractivity contribution in [3.05, 3.63) is 72.4 Å². The van der Waals surface area contributed by atoms with Crippen molar-refractivity contribution in [1.82, 2.24) is 25.9 Å². The van der Waals surface area contributed by atoms with E-state index in [2.05, 4.69) is 21.3 Å². The van der Waals surface area contributed by atoms with Crippen LogP contribution in [0, 0.1) is 0 Å². The van der Waals surface area contributed by atoms with E-state index in [0.29, 0.717) is 16.4 Å². The minimum atomic E-state index is -0.321. The number of thiocarbonyl (C=S) groups is 1. The molecule has 0 atom stereocenters. The first-order chi connectivity index (χ1) is 12.2. The van der Waals surface area contributed by atoms with E-state index in [4.69, 9.17) is 12.2 Å². The van der Waals surface area contributed by atoms with E-state index in [9.17, 15) is 4.79 Å². The molecule has 3 aromatic rings. The number of hydrogen-bond acceptors (Lipinski definition) is 3. The van der Waals surface area contributed by atoms with Gasteiger partial charge in [-0.05, 0) is 24.4 Å². The number of nitrogens with one attached hydrogen (secondary N) is 3. The van der Waals surface area contributed by atoms with Gasteiger partial charge in [-0.1, -0.05) is 48.5 Å². The number of nitrogens with zero attached hydrogens (tertiary/aromatic N) is 2. The molecule has 1 aromatic heterocycles. The second-order valence-electron chi connectivity index (χ2n) is 5.20. The predicted octanol–water partition coefficient (Wildman–Crippen LogP) is 2.28. The number of benzene rings is 2. The lowest BCUT2D eigenvalue weighted by Gasteiger charge is -2.08. The van der Waals surface area contributed by atoms with Crippen LogP contribution in [0.1, 0.15) is 10.4 Å². The van der Waals surface area contributed by atoms with Gasteiger partial charge in [-0.2, -0.15) is 5.10 Å². The van der Waals surface area contributed by atoms with E-state index in [1.807, 2.05) is 60.7 Å². The molecule has 1 heterocycles. The molecule has 0 radical (unpaired) electrons. The third-order valence-corrected chi connectivity index (χ3v) is 3.85. The summed E-state index contributed by atoms with van der Waals surface area (Å²) in [6.45, 7) is 0. The van der Waals surface area contributed by atoms with E-state index in [0.717, 1.165) is 11.3 Å². The Balaban J connectivity index is 1.99. The molecule has 0 aliphatic rings. The SMILES string of the molecule is CNC(=S)NNC(=O)c1cn(-c2ccccc2)nc1-c1ccccc1. The summed E-state index contributed by atoms with van der Waals surface area (Å²) in [5.74, 6) is -0.321. The van der Waals surface area contributed by atoms with Crippen molar-refractivity contribution in [2.24, 2.45) is 0 Å². The number of hydrogen-bond donors (Lipinski definition) is 3. The standard InChI is InChI=1S/C18H17N5OS/c1-19-18(25)21-20-17(24)15-12-23(14-10-6-3-7-11-14)22-16(15)13-8-4-2-5-9-13/h2-12H,1H3,(H,20,24)(H2,19,21,25). The van der Waals surface area contributed by atoms with Crippen molar-refractivity contribution < 1.29 is 4.79 Å². The first-order valence-corrected chi connectivity index (χ1v) is 8.08. The van der Waals surface area contributed by atoms with E-state index in [1.165, 1.54) is 0 Å². The van der Waals surface area contributed by atoms with Gasteiger partial charge in [0.15, 0.2) is 5.11 Å². The lowest BCUT2D eigenvalue weighted by molar-refractivity contribution is 0.0944. The van der Waals surface area contributed by atoms with Crippen LogP contribution < -0.4 is 16.2 Å². The molecule has 0 saturated heterocycles. The first kappa shape index (κ1) is 16.7. The third kappa shape index (κ3) is 3.84. The van der Waals surface area contributed by atoms with E-state index >= 15 is 0 Å². The van der Waals surface area contributed by atoms with E-state index < -0.39 is 0 Å². The molecule has 0 bridgehead atoms. The Morgan fingerprint density at radius 1 is 1.00 bits per heavy atom. The highest BCUT2D eigenvalue weighted by molar-refractivity contribution is 7.80. The van der Waals surface area contributed by atoms with Crippen LogP contribution in [0.5, 0.6) is 0 Å². The molecule has 3 rings (SSSR count). The number of carbonyl (C=O) groups is 1. The maximum atomic E-state index is 12.6. The second kappa shape index (κ2) is 7.59. The highest BCUT2D eigenvalue weighted by atomic mass is 32.1. The van der Waals surface area contributed by atoms with Gasteiger partial charge in [-0.25, -0.2) is 4.68 Å². The Labute approximate surface area is 150 Å². The van der Waals surface area contributed by atoms with Gasteiger partial charge >= 0.3 is 0 Å². The largest absolute Gasteiger partial charge is 0.364 e. The van der Waals surface area contributed by atoms with Crippen molar-refractivity contribution >= 4 is 23.2 Å². The van der Waals surface area contributed by atoms with Crippen molar-refractivity contribution in [2.75, 3.05) is 7.05 Å². The van der Waals surface area contributed by atoms with Crippen molar-refractivity contribution in [2.45, 2.75) is 0 Å². The Morgan fingerprint density at radius 2 is 1.64 bits per heavy atom.